The SMILES string of the molecule is O=C(NCCCN1CCOCC1)[C@@H]1Cc2c(ccc3ccccc23)O1. The van der Waals surface area contributed by atoms with E-state index in [1.807, 2.05) is 18.2 Å². The summed E-state index contributed by atoms with van der Waals surface area (Å²) in [5, 5.41) is 5.40. The first kappa shape index (κ1) is 16.4. The van der Waals surface area contributed by atoms with Crippen LogP contribution in [0.15, 0.2) is 36.4 Å². The van der Waals surface area contributed by atoms with Crippen molar-refractivity contribution in [3.8, 4) is 5.75 Å². The first-order chi connectivity index (χ1) is 12.3. The van der Waals surface area contributed by atoms with Crippen molar-refractivity contribution in [3.63, 3.8) is 0 Å². The average Bonchev–Trinajstić information content (AvgIpc) is 3.11. The predicted octanol–water partition coefficient (Wildman–Crippen LogP) is 1.98. The second-order valence-electron chi connectivity index (χ2n) is 6.67. The van der Waals surface area contributed by atoms with Crippen LogP contribution in [0.3, 0.4) is 0 Å². The highest BCUT2D eigenvalue weighted by molar-refractivity contribution is 5.90. The zero-order valence-corrected chi connectivity index (χ0v) is 14.4. The molecule has 0 unspecified atom stereocenters. The number of amides is 1. The molecule has 2 aromatic rings. The predicted molar refractivity (Wildman–Crippen MR) is 97.0 cm³/mol. The van der Waals surface area contributed by atoms with Crippen LogP contribution < -0.4 is 10.1 Å². The van der Waals surface area contributed by atoms with Gasteiger partial charge in [-0.15, -0.1) is 0 Å². The highest BCUT2D eigenvalue weighted by atomic mass is 16.5. The number of carbonyl (C=O) groups excluding carboxylic acids is 1. The van der Waals surface area contributed by atoms with E-state index in [0.717, 1.165) is 50.6 Å². The summed E-state index contributed by atoms with van der Waals surface area (Å²) >= 11 is 0. The molecule has 2 heterocycles. The van der Waals surface area contributed by atoms with Gasteiger partial charge in [-0.25, -0.2) is 0 Å². The molecule has 2 aliphatic heterocycles. The fourth-order valence-corrected chi connectivity index (χ4v) is 3.62. The molecule has 2 aliphatic rings. The summed E-state index contributed by atoms with van der Waals surface area (Å²) in [6.07, 6.45) is 1.18. The normalized spacial score (nSPS) is 20.2. The maximum atomic E-state index is 12.4. The van der Waals surface area contributed by atoms with Gasteiger partial charge in [0, 0.05) is 31.6 Å². The molecule has 0 spiro atoms. The molecule has 5 nitrogen and oxygen atoms in total. The Bertz CT molecular complexity index is 756. The Morgan fingerprint density at radius 2 is 2.00 bits per heavy atom. The molecule has 1 fully saturated rings. The van der Waals surface area contributed by atoms with E-state index in [1.54, 1.807) is 0 Å². The lowest BCUT2D eigenvalue weighted by Crippen LogP contribution is -2.40. The van der Waals surface area contributed by atoms with Crippen LogP contribution in [-0.2, 0) is 16.0 Å². The molecule has 1 saturated heterocycles. The van der Waals surface area contributed by atoms with Crippen molar-refractivity contribution in [1.82, 2.24) is 10.2 Å². The van der Waals surface area contributed by atoms with Crippen molar-refractivity contribution >= 4 is 16.7 Å². The zero-order valence-electron chi connectivity index (χ0n) is 14.4. The number of benzene rings is 2. The van der Waals surface area contributed by atoms with Gasteiger partial charge >= 0.3 is 0 Å². The maximum absolute atomic E-state index is 12.4. The summed E-state index contributed by atoms with van der Waals surface area (Å²) in [4.78, 5) is 14.8. The van der Waals surface area contributed by atoms with Gasteiger partial charge in [-0.05, 0) is 29.8 Å². The Balaban J connectivity index is 1.29. The second kappa shape index (κ2) is 7.42. The summed E-state index contributed by atoms with van der Waals surface area (Å²) < 4.78 is 11.2. The van der Waals surface area contributed by atoms with Gasteiger partial charge in [-0.1, -0.05) is 30.3 Å². The number of hydrogen-bond donors (Lipinski definition) is 1. The number of hydrogen-bond acceptors (Lipinski definition) is 4. The summed E-state index contributed by atoms with van der Waals surface area (Å²) in [6, 6.07) is 12.3. The van der Waals surface area contributed by atoms with Crippen molar-refractivity contribution in [2.24, 2.45) is 0 Å². The lowest BCUT2D eigenvalue weighted by Gasteiger charge is -2.26. The molecule has 0 bridgehead atoms. The van der Waals surface area contributed by atoms with Crippen molar-refractivity contribution in [2.75, 3.05) is 39.4 Å². The van der Waals surface area contributed by atoms with Gasteiger partial charge in [0.2, 0.25) is 0 Å². The van der Waals surface area contributed by atoms with Crippen molar-refractivity contribution < 1.29 is 14.3 Å². The Morgan fingerprint density at radius 1 is 1.16 bits per heavy atom. The molecular weight excluding hydrogens is 316 g/mol. The molecule has 25 heavy (non-hydrogen) atoms. The lowest BCUT2D eigenvalue weighted by molar-refractivity contribution is -0.127. The molecule has 2 aromatic carbocycles. The Morgan fingerprint density at radius 3 is 2.88 bits per heavy atom. The Kier molecular flexibility index (Phi) is 4.85. The van der Waals surface area contributed by atoms with E-state index in [-0.39, 0.29) is 5.91 Å². The quantitative estimate of drug-likeness (QED) is 0.846. The van der Waals surface area contributed by atoms with Crippen molar-refractivity contribution in [2.45, 2.75) is 18.9 Å². The van der Waals surface area contributed by atoms with Crippen LogP contribution in [0, 0.1) is 0 Å². The van der Waals surface area contributed by atoms with Crippen molar-refractivity contribution in [1.29, 1.82) is 0 Å². The summed E-state index contributed by atoms with van der Waals surface area (Å²) in [7, 11) is 0. The molecule has 5 heteroatoms. The van der Waals surface area contributed by atoms with E-state index < -0.39 is 6.10 Å². The third-order valence-corrected chi connectivity index (χ3v) is 5.00. The topological polar surface area (TPSA) is 50.8 Å². The third kappa shape index (κ3) is 3.62. The van der Waals surface area contributed by atoms with Gasteiger partial charge in [-0.2, -0.15) is 0 Å². The van der Waals surface area contributed by atoms with Gasteiger partial charge < -0.3 is 14.8 Å². The van der Waals surface area contributed by atoms with Crippen LogP contribution in [0.25, 0.3) is 10.8 Å². The monoisotopic (exact) mass is 340 g/mol. The van der Waals surface area contributed by atoms with Gasteiger partial charge in [0.15, 0.2) is 6.10 Å². The minimum atomic E-state index is -0.413. The molecule has 0 aliphatic carbocycles. The van der Waals surface area contributed by atoms with E-state index in [0.29, 0.717) is 13.0 Å². The molecule has 132 valence electrons. The van der Waals surface area contributed by atoms with Gasteiger partial charge in [0.25, 0.3) is 5.91 Å². The van der Waals surface area contributed by atoms with Crippen LogP contribution in [-0.4, -0.2) is 56.3 Å². The maximum Gasteiger partial charge on any atom is 0.261 e. The molecule has 1 N–H and O–H groups in total. The molecular formula is C20H24N2O3. The summed E-state index contributed by atoms with van der Waals surface area (Å²) in [5.41, 5.74) is 1.14. The fourth-order valence-electron chi connectivity index (χ4n) is 3.62. The van der Waals surface area contributed by atoms with E-state index in [9.17, 15) is 4.79 Å². The molecule has 0 saturated carbocycles. The number of ether oxygens (including phenoxy) is 2. The molecule has 0 aromatic heterocycles. The summed E-state index contributed by atoms with van der Waals surface area (Å²) in [6.45, 7) is 5.29. The standard InChI is InChI=1S/C20H24N2O3/c23-20(21-8-3-9-22-10-12-24-13-11-22)19-14-17-16-5-2-1-4-15(16)6-7-18(17)25-19/h1-2,4-7,19H,3,8-14H2,(H,21,23)/t19-/m0/s1. The number of nitrogens with zero attached hydrogens (tertiary/aromatic N) is 1. The fraction of sp³-hybridized carbons (Fsp3) is 0.450. The largest absolute Gasteiger partial charge is 0.480 e. The average molecular weight is 340 g/mol. The summed E-state index contributed by atoms with van der Waals surface area (Å²) in [5.74, 6) is 0.828. The second-order valence-corrected chi connectivity index (χ2v) is 6.67. The highest BCUT2D eigenvalue weighted by Gasteiger charge is 2.30. The molecule has 1 amide bonds. The van der Waals surface area contributed by atoms with Gasteiger partial charge in [0.05, 0.1) is 13.2 Å². The smallest absolute Gasteiger partial charge is 0.261 e. The van der Waals surface area contributed by atoms with Crippen LogP contribution in [0.5, 0.6) is 5.75 Å². The number of nitrogens with one attached hydrogen (secondary N) is 1. The third-order valence-electron chi connectivity index (χ3n) is 5.00. The zero-order chi connectivity index (χ0) is 17.1. The molecule has 0 radical (unpaired) electrons. The van der Waals surface area contributed by atoms with E-state index in [2.05, 4.69) is 28.4 Å². The number of carbonyl (C=O) groups is 1. The Labute approximate surface area is 147 Å². The minimum absolute atomic E-state index is 0.0118. The van der Waals surface area contributed by atoms with E-state index in [1.165, 1.54) is 10.8 Å². The first-order valence-electron chi connectivity index (χ1n) is 9.06. The van der Waals surface area contributed by atoms with Gasteiger partial charge in [0.1, 0.15) is 5.75 Å². The van der Waals surface area contributed by atoms with Crippen LogP contribution in [0.2, 0.25) is 0 Å². The minimum Gasteiger partial charge on any atom is -0.480 e. The van der Waals surface area contributed by atoms with Crippen LogP contribution >= 0.6 is 0 Å². The number of fused-ring (bicyclic) bond motifs is 3. The van der Waals surface area contributed by atoms with E-state index in [4.69, 9.17) is 9.47 Å². The van der Waals surface area contributed by atoms with Crippen LogP contribution in [0.4, 0.5) is 0 Å². The van der Waals surface area contributed by atoms with Crippen LogP contribution in [0.1, 0.15) is 12.0 Å². The van der Waals surface area contributed by atoms with Crippen molar-refractivity contribution in [3.05, 3.63) is 42.0 Å². The van der Waals surface area contributed by atoms with E-state index >= 15 is 0 Å². The molecule has 1 atom stereocenters. The number of morpholine rings is 1. The first-order valence-corrected chi connectivity index (χ1v) is 9.06. The lowest BCUT2D eigenvalue weighted by atomic mass is 10.0. The highest BCUT2D eigenvalue weighted by Crippen LogP contribution is 2.34. The van der Waals surface area contributed by atoms with Gasteiger partial charge in [-0.3, -0.25) is 9.69 Å². The number of rotatable bonds is 5. The molecule has 4 rings (SSSR count). The Hall–Kier alpha value is -2.11.